The first kappa shape index (κ1) is 12.1. The molecule has 4 heteroatoms. The van der Waals surface area contributed by atoms with E-state index in [-0.39, 0.29) is 6.10 Å². The van der Waals surface area contributed by atoms with Crippen LogP contribution in [0.3, 0.4) is 0 Å². The average Bonchev–Trinajstić information content (AvgIpc) is 2.12. The van der Waals surface area contributed by atoms with Crippen molar-refractivity contribution in [2.45, 2.75) is 31.8 Å². The maximum absolute atomic E-state index is 5.52. The van der Waals surface area contributed by atoms with Crippen molar-refractivity contribution in [1.29, 1.82) is 0 Å². The lowest BCUT2D eigenvalue weighted by atomic mass is 10.3. The second-order valence-electron chi connectivity index (χ2n) is 2.94. The van der Waals surface area contributed by atoms with Crippen LogP contribution in [0.15, 0.2) is 0 Å². The van der Waals surface area contributed by atoms with Gasteiger partial charge >= 0.3 is 0 Å². The molecule has 3 nitrogen and oxygen atoms in total. The van der Waals surface area contributed by atoms with Gasteiger partial charge in [-0.2, -0.15) is 0 Å². The van der Waals surface area contributed by atoms with Crippen molar-refractivity contribution < 1.29 is 14.2 Å². The van der Waals surface area contributed by atoms with E-state index in [1.54, 1.807) is 14.2 Å². The summed E-state index contributed by atoms with van der Waals surface area (Å²) < 4.78 is 16.0. The van der Waals surface area contributed by atoms with Crippen LogP contribution in [0.1, 0.15) is 20.3 Å². The van der Waals surface area contributed by atoms with Crippen LogP contribution >= 0.6 is 0 Å². The molecule has 1 atom stereocenters. The van der Waals surface area contributed by atoms with Gasteiger partial charge in [-0.05, 0) is 13.3 Å². The van der Waals surface area contributed by atoms with Crippen LogP contribution in [0.5, 0.6) is 0 Å². The Morgan fingerprint density at radius 1 is 1.33 bits per heavy atom. The molecule has 0 N–H and O–H groups in total. The van der Waals surface area contributed by atoms with E-state index in [0.29, 0.717) is 0 Å². The van der Waals surface area contributed by atoms with Gasteiger partial charge in [-0.3, -0.25) is 0 Å². The molecular weight excluding hydrogens is 172 g/mol. The molecule has 0 saturated carbocycles. The Morgan fingerprint density at radius 3 is 2.17 bits per heavy atom. The fourth-order valence-corrected chi connectivity index (χ4v) is 1.03. The van der Waals surface area contributed by atoms with E-state index in [2.05, 4.69) is 6.92 Å². The molecule has 74 valence electrons. The van der Waals surface area contributed by atoms with Crippen LogP contribution in [0, 0.1) is 0 Å². The van der Waals surface area contributed by atoms with Crippen molar-refractivity contribution >= 4 is 10.2 Å². The summed E-state index contributed by atoms with van der Waals surface area (Å²) in [4.78, 5) is 0. The van der Waals surface area contributed by atoms with Crippen LogP contribution in [0.4, 0.5) is 0 Å². The Morgan fingerprint density at radius 2 is 1.83 bits per heavy atom. The lowest BCUT2D eigenvalue weighted by molar-refractivity contribution is -0.209. The summed E-state index contributed by atoms with van der Waals surface area (Å²) in [5.41, 5.74) is -0.491. The van der Waals surface area contributed by atoms with Crippen LogP contribution in [0.25, 0.3) is 0 Å². The van der Waals surface area contributed by atoms with Gasteiger partial charge in [0.15, 0.2) is 5.41 Å². The third kappa shape index (κ3) is 3.22. The van der Waals surface area contributed by atoms with Gasteiger partial charge in [0.1, 0.15) is 6.10 Å². The SMILES string of the molecule is CCCOC(C)C([SiH3])(OC)OC. The molecule has 0 aromatic rings. The second-order valence-corrected chi connectivity index (χ2v) is 4.33. The minimum absolute atomic E-state index is 0.0131. The van der Waals surface area contributed by atoms with Crippen LogP contribution in [-0.2, 0) is 14.2 Å². The highest BCUT2D eigenvalue weighted by Gasteiger charge is 2.30. The van der Waals surface area contributed by atoms with E-state index >= 15 is 0 Å². The monoisotopic (exact) mass is 192 g/mol. The molecule has 0 aliphatic rings. The molecule has 0 aliphatic heterocycles. The lowest BCUT2D eigenvalue weighted by Crippen LogP contribution is -2.46. The second kappa shape index (κ2) is 5.69. The Balaban J connectivity index is 3.93. The quantitative estimate of drug-likeness (QED) is 0.442. The summed E-state index contributed by atoms with van der Waals surface area (Å²) in [6.45, 7) is 4.83. The predicted molar refractivity (Wildman–Crippen MR) is 52.4 cm³/mol. The third-order valence-electron chi connectivity index (χ3n) is 2.12. The third-order valence-corrected chi connectivity index (χ3v) is 3.75. The largest absolute Gasteiger partial charge is 0.373 e. The molecule has 0 saturated heterocycles. The highest BCUT2D eigenvalue weighted by atomic mass is 28.1. The Hall–Kier alpha value is 0.0969. The van der Waals surface area contributed by atoms with Gasteiger partial charge in [-0.25, -0.2) is 0 Å². The molecule has 0 aromatic heterocycles. The first-order chi connectivity index (χ1) is 5.60. The summed E-state index contributed by atoms with van der Waals surface area (Å²) in [6, 6.07) is 0. The molecule has 0 fully saturated rings. The van der Waals surface area contributed by atoms with Gasteiger partial charge in [0, 0.05) is 20.8 Å². The van der Waals surface area contributed by atoms with Crippen molar-refractivity contribution in [2.24, 2.45) is 0 Å². The molecule has 0 rings (SSSR count). The number of rotatable bonds is 6. The van der Waals surface area contributed by atoms with Gasteiger partial charge in [-0.15, -0.1) is 0 Å². The highest BCUT2D eigenvalue weighted by molar-refractivity contribution is 6.13. The molecule has 0 amide bonds. The Labute approximate surface area is 77.8 Å². The fraction of sp³-hybridized carbons (Fsp3) is 1.00. The molecule has 0 radical (unpaired) electrons. The summed E-state index contributed by atoms with van der Waals surface area (Å²) in [5.74, 6) is 0. The standard InChI is InChI=1S/C8H20O3Si/c1-5-6-11-7(2)8(12,9-3)10-4/h7H,5-6H2,1-4,12H3. The molecule has 0 bridgehead atoms. The van der Waals surface area contributed by atoms with E-state index in [1.807, 2.05) is 6.92 Å². The maximum Gasteiger partial charge on any atom is 0.165 e. The smallest absolute Gasteiger partial charge is 0.165 e. The van der Waals surface area contributed by atoms with Gasteiger partial charge in [-0.1, -0.05) is 6.92 Å². The zero-order chi connectivity index (χ0) is 9.61. The first-order valence-corrected chi connectivity index (χ1v) is 5.32. The zero-order valence-electron chi connectivity index (χ0n) is 8.72. The molecule has 12 heavy (non-hydrogen) atoms. The first-order valence-electron chi connectivity index (χ1n) is 4.32. The number of hydrogen-bond acceptors (Lipinski definition) is 3. The highest BCUT2D eigenvalue weighted by Crippen LogP contribution is 2.14. The summed E-state index contributed by atoms with van der Waals surface area (Å²) in [7, 11) is 4.11. The van der Waals surface area contributed by atoms with E-state index in [9.17, 15) is 0 Å². The van der Waals surface area contributed by atoms with Crippen molar-refractivity contribution in [3.05, 3.63) is 0 Å². The average molecular weight is 192 g/mol. The van der Waals surface area contributed by atoms with Crippen molar-refractivity contribution in [3.8, 4) is 0 Å². The Kier molecular flexibility index (Phi) is 5.74. The minimum Gasteiger partial charge on any atom is -0.373 e. The van der Waals surface area contributed by atoms with Gasteiger partial charge < -0.3 is 14.2 Å². The minimum atomic E-state index is -0.491. The molecule has 0 aliphatic carbocycles. The summed E-state index contributed by atoms with van der Waals surface area (Å²) >= 11 is 0. The number of ether oxygens (including phenoxy) is 3. The van der Waals surface area contributed by atoms with Crippen LogP contribution in [0.2, 0.25) is 0 Å². The fourth-order valence-electron chi connectivity index (χ4n) is 0.861. The van der Waals surface area contributed by atoms with Crippen molar-refractivity contribution in [3.63, 3.8) is 0 Å². The van der Waals surface area contributed by atoms with Crippen molar-refractivity contribution in [1.82, 2.24) is 0 Å². The summed E-state index contributed by atoms with van der Waals surface area (Å²) in [6.07, 6.45) is 1.04. The molecule has 0 spiro atoms. The van der Waals surface area contributed by atoms with Crippen LogP contribution < -0.4 is 0 Å². The van der Waals surface area contributed by atoms with Gasteiger partial charge in [0.05, 0.1) is 10.2 Å². The van der Waals surface area contributed by atoms with Crippen LogP contribution in [-0.4, -0.2) is 42.6 Å². The lowest BCUT2D eigenvalue weighted by Gasteiger charge is -2.32. The number of methoxy groups -OCH3 is 2. The molecule has 1 unspecified atom stereocenters. The predicted octanol–water partition coefficient (Wildman–Crippen LogP) is 0.113. The summed E-state index contributed by atoms with van der Waals surface area (Å²) in [5, 5.41) is 0. The topological polar surface area (TPSA) is 27.7 Å². The molecule has 0 aromatic carbocycles. The molecular formula is C8H20O3Si. The van der Waals surface area contributed by atoms with Gasteiger partial charge in [0.2, 0.25) is 0 Å². The Bertz CT molecular complexity index is 115. The molecule has 0 heterocycles. The van der Waals surface area contributed by atoms with E-state index in [4.69, 9.17) is 14.2 Å². The normalized spacial score (nSPS) is 15.0. The van der Waals surface area contributed by atoms with E-state index in [1.165, 1.54) is 0 Å². The van der Waals surface area contributed by atoms with E-state index < -0.39 is 5.41 Å². The van der Waals surface area contributed by atoms with Crippen molar-refractivity contribution in [2.75, 3.05) is 20.8 Å². The van der Waals surface area contributed by atoms with E-state index in [0.717, 1.165) is 23.3 Å². The maximum atomic E-state index is 5.52. The van der Waals surface area contributed by atoms with Gasteiger partial charge in [0.25, 0.3) is 0 Å². The number of hydrogen-bond donors (Lipinski definition) is 0. The zero-order valence-corrected chi connectivity index (χ0v) is 10.7.